The molecule has 0 fully saturated rings. The smallest absolute Gasteiger partial charge is 0.252 e. The Kier molecular flexibility index (Phi) is 3.62. The molecule has 82 valence electrons. The number of aliphatic hydroxyl groups is 1. The maximum atomic E-state index is 11.2. The molecule has 1 atom stereocenters. The Balaban J connectivity index is 2.83. The number of nitrogens with zero attached hydrogens (tertiary/aromatic N) is 1. The van der Waals surface area contributed by atoms with Crippen LogP contribution in [0.2, 0.25) is 0 Å². The van der Waals surface area contributed by atoms with E-state index in [-0.39, 0.29) is 0 Å². The zero-order valence-corrected chi connectivity index (χ0v) is 8.94. The molecule has 5 nitrogen and oxygen atoms in total. The molecule has 0 saturated heterocycles. The maximum absolute atomic E-state index is 11.2. The third kappa shape index (κ3) is 2.92. The van der Waals surface area contributed by atoms with E-state index in [0.717, 1.165) is 0 Å². The van der Waals surface area contributed by atoms with Gasteiger partial charge in [-0.3, -0.25) is 4.79 Å². The van der Waals surface area contributed by atoms with Gasteiger partial charge in [-0.2, -0.15) is 0 Å². The van der Waals surface area contributed by atoms with Gasteiger partial charge in [0.25, 0.3) is 5.91 Å². The van der Waals surface area contributed by atoms with Crippen molar-refractivity contribution >= 4 is 11.6 Å². The van der Waals surface area contributed by atoms with E-state index in [1.807, 2.05) is 0 Å². The quantitative estimate of drug-likeness (QED) is 0.771. The van der Waals surface area contributed by atoms with Crippen molar-refractivity contribution in [2.75, 3.05) is 12.4 Å². The average Bonchev–Trinajstić information content (AvgIpc) is 2.20. The van der Waals surface area contributed by atoms with E-state index in [2.05, 4.69) is 10.3 Å². The third-order valence-corrected chi connectivity index (χ3v) is 1.91. The Morgan fingerprint density at radius 1 is 1.60 bits per heavy atom. The Morgan fingerprint density at radius 3 is 2.73 bits per heavy atom. The lowest BCUT2D eigenvalue weighted by molar-refractivity contribution is -0.123. The minimum absolute atomic E-state index is 0.454. The number of hydrogen-bond acceptors (Lipinski definition) is 4. The van der Waals surface area contributed by atoms with Crippen molar-refractivity contribution < 1.29 is 14.6 Å². The number of nitrogens with one attached hydrogen (secondary N) is 1. The van der Waals surface area contributed by atoms with Crippen LogP contribution in [0.5, 0.6) is 5.88 Å². The molecule has 0 spiro atoms. The molecule has 2 N–H and O–H groups in total. The molecule has 0 saturated carbocycles. The van der Waals surface area contributed by atoms with Gasteiger partial charge in [-0.25, -0.2) is 4.98 Å². The van der Waals surface area contributed by atoms with E-state index >= 15 is 0 Å². The second-order valence-corrected chi connectivity index (χ2v) is 3.15. The molecule has 1 rings (SSSR count). The summed E-state index contributed by atoms with van der Waals surface area (Å²) in [5.74, 6) is 0.0348. The van der Waals surface area contributed by atoms with Crippen LogP contribution in [0.3, 0.4) is 0 Å². The maximum Gasteiger partial charge on any atom is 0.252 e. The van der Waals surface area contributed by atoms with Crippen LogP contribution in [0.4, 0.5) is 5.69 Å². The van der Waals surface area contributed by atoms with E-state index < -0.39 is 12.0 Å². The number of aromatic nitrogens is 1. The van der Waals surface area contributed by atoms with Gasteiger partial charge in [-0.1, -0.05) is 0 Å². The molecule has 15 heavy (non-hydrogen) atoms. The lowest BCUT2D eigenvalue weighted by Gasteiger charge is -2.09. The SMILES string of the molecule is COc1ccc(NC(=O)C(C)O)c(C)n1. The van der Waals surface area contributed by atoms with Crippen LogP contribution < -0.4 is 10.1 Å². The molecule has 1 amide bonds. The van der Waals surface area contributed by atoms with Crippen LogP contribution in [0.1, 0.15) is 12.6 Å². The fourth-order valence-corrected chi connectivity index (χ4v) is 1.02. The number of methoxy groups -OCH3 is 1. The Bertz CT molecular complexity index is 364. The molecule has 0 radical (unpaired) electrons. The highest BCUT2D eigenvalue weighted by Gasteiger charge is 2.10. The lowest BCUT2D eigenvalue weighted by atomic mass is 10.3. The number of carbonyl (C=O) groups excluding carboxylic acids is 1. The highest BCUT2D eigenvalue weighted by molar-refractivity contribution is 5.94. The normalized spacial score (nSPS) is 12.0. The average molecular weight is 210 g/mol. The molecule has 1 unspecified atom stereocenters. The molecule has 5 heteroatoms. The number of amides is 1. The van der Waals surface area contributed by atoms with Crippen molar-refractivity contribution in [3.05, 3.63) is 17.8 Å². The van der Waals surface area contributed by atoms with Gasteiger partial charge in [0.15, 0.2) is 0 Å². The number of ether oxygens (including phenoxy) is 1. The van der Waals surface area contributed by atoms with Crippen LogP contribution in [0, 0.1) is 6.92 Å². The first-order valence-corrected chi connectivity index (χ1v) is 4.55. The molecule has 0 bridgehead atoms. The number of aliphatic hydroxyl groups excluding tert-OH is 1. The standard InChI is InChI=1S/C10H14N2O3/c1-6-8(12-10(14)7(2)13)4-5-9(11-6)15-3/h4-5,7,13H,1-3H3,(H,12,14). The molecular weight excluding hydrogens is 196 g/mol. The molecule has 0 aliphatic carbocycles. The summed E-state index contributed by atoms with van der Waals surface area (Å²) in [6.07, 6.45) is -1.04. The van der Waals surface area contributed by atoms with E-state index in [9.17, 15) is 4.79 Å². The highest BCUT2D eigenvalue weighted by atomic mass is 16.5. The fraction of sp³-hybridized carbons (Fsp3) is 0.400. The molecule has 1 aromatic rings. The minimum Gasteiger partial charge on any atom is -0.481 e. The van der Waals surface area contributed by atoms with Gasteiger partial charge >= 0.3 is 0 Å². The third-order valence-electron chi connectivity index (χ3n) is 1.91. The Labute approximate surface area is 88.1 Å². The fourth-order valence-electron chi connectivity index (χ4n) is 1.02. The Hall–Kier alpha value is -1.62. The van der Waals surface area contributed by atoms with Crippen molar-refractivity contribution in [2.24, 2.45) is 0 Å². The summed E-state index contributed by atoms with van der Waals surface area (Å²) in [6.45, 7) is 3.15. The summed E-state index contributed by atoms with van der Waals surface area (Å²) in [5, 5.41) is 11.6. The summed E-state index contributed by atoms with van der Waals surface area (Å²) in [7, 11) is 1.52. The number of hydrogen-bond donors (Lipinski definition) is 2. The van der Waals surface area contributed by atoms with Gasteiger partial charge in [0.05, 0.1) is 18.5 Å². The predicted molar refractivity (Wildman–Crippen MR) is 55.8 cm³/mol. The number of rotatable bonds is 3. The van der Waals surface area contributed by atoms with Crippen LogP contribution in [0.25, 0.3) is 0 Å². The van der Waals surface area contributed by atoms with Crippen molar-refractivity contribution in [1.29, 1.82) is 0 Å². The van der Waals surface area contributed by atoms with Crippen LogP contribution in [-0.4, -0.2) is 29.2 Å². The van der Waals surface area contributed by atoms with Crippen LogP contribution in [-0.2, 0) is 4.79 Å². The van der Waals surface area contributed by atoms with Gasteiger partial charge in [-0.05, 0) is 19.9 Å². The van der Waals surface area contributed by atoms with Crippen molar-refractivity contribution in [1.82, 2.24) is 4.98 Å². The summed E-state index contributed by atoms with van der Waals surface area (Å²) in [5.41, 5.74) is 1.21. The zero-order chi connectivity index (χ0) is 11.4. The topological polar surface area (TPSA) is 71.5 Å². The van der Waals surface area contributed by atoms with Gasteiger partial charge in [0.2, 0.25) is 5.88 Å². The Morgan fingerprint density at radius 2 is 2.27 bits per heavy atom. The van der Waals surface area contributed by atoms with E-state index in [0.29, 0.717) is 17.3 Å². The molecule has 0 aliphatic heterocycles. The van der Waals surface area contributed by atoms with Crippen molar-refractivity contribution in [2.45, 2.75) is 20.0 Å². The molecule has 0 aromatic carbocycles. The van der Waals surface area contributed by atoms with Crippen molar-refractivity contribution in [3.63, 3.8) is 0 Å². The van der Waals surface area contributed by atoms with Crippen molar-refractivity contribution in [3.8, 4) is 5.88 Å². The first kappa shape index (κ1) is 11.5. The summed E-state index contributed by atoms with van der Waals surface area (Å²) >= 11 is 0. The number of anilines is 1. The molecule has 1 heterocycles. The highest BCUT2D eigenvalue weighted by Crippen LogP contribution is 2.16. The summed E-state index contributed by atoms with van der Waals surface area (Å²) < 4.78 is 4.93. The van der Waals surface area contributed by atoms with Crippen LogP contribution >= 0.6 is 0 Å². The van der Waals surface area contributed by atoms with E-state index in [4.69, 9.17) is 9.84 Å². The second kappa shape index (κ2) is 4.75. The molecule has 1 aromatic heterocycles. The molecular formula is C10H14N2O3. The van der Waals surface area contributed by atoms with Gasteiger partial charge in [0.1, 0.15) is 6.10 Å². The van der Waals surface area contributed by atoms with E-state index in [1.165, 1.54) is 14.0 Å². The summed E-state index contributed by atoms with van der Waals surface area (Å²) in [4.78, 5) is 15.3. The largest absolute Gasteiger partial charge is 0.481 e. The first-order chi connectivity index (χ1) is 7.04. The van der Waals surface area contributed by atoms with Crippen LogP contribution in [0.15, 0.2) is 12.1 Å². The number of carbonyl (C=O) groups is 1. The van der Waals surface area contributed by atoms with Gasteiger partial charge < -0.3 is 15.2 Å². The van der Waals surface area contributed by atoms with Gasteiger partial charge in [-0.15, -0.1) is 0 Å². The minimum atomic E-state index is -1.04. The molecule has 0 aliphatic rings. The number of pyridine rings is 1. The lowest BCUT2D eigenvalue weighted by Crippen LogP contribution is -2.24. The second-order valence-electron chi connectivity index (χ2n) is 3.15. The monoisotopic (exact) mass is 210 g/mol. The predicted octanol–water partition coefficient (Wildman–Crippen LogP) is 0.718. The summed E-state index contributed by atoms with van der Waals surface area (Å²) in [6, 6.07) is 3.33. The van der Waals surface area contributed by atoms with E-state index in [1.54, 1.807) is 19.1 Å². The zero-order valence-electron chi connectivity index (χ0n) is 8.94. The van der Waals surface area contributed by atoms with Gasteiger partial charge in [0, 0.05) is 6.07 Å². The number of aryl methyl sites for hydroxylation is 1. The first-order valence-electron chi connectivity index (χ1n) is 4.55.